The molecule has 0 saturated heterocycles. The van der Waals surface area contributed by atoms with Crippen LogP contribution in [-0.4, -0.2) is 37.2 Å². The molecule has 0 aliphatic carbocycles. The van der Waals surface area contributed by atoms with Crippen molar-refractivity contribution in [2.24, 2.45) is 0 Å². The Bertz CT molecular complexity index is 669. The zero-order valence-electron chi connectivity index (χ0n) is 11.7. The van der Waals surface area contributed by atoms with Crippen LogP contribution >= 0.6 is 15.9 Å². The summed E-state index contributed by atoms with van der Waals surface area (Å²) in [5, 5.41) is 6.08. The highest BCUT2D eigenvalue weighted by atomic mass is 79.9. The highest BCUT2D eigenvalue weighted by Crippen LogP contribution is 2.26. The molecule has 7 heteroatoms. The van der Waals surface area contributed by atoms with Gasteiger partial charge < -0.3 is 20.4 Å². The van der Waals surface area contributed by atoms with Crippen LogP contribution in [0.2, 0.25) is 0 Å². The number of carbonyl (C=O) groups is 2. The monoisotopic (exact) mass is 353 g/mol. The van der Waals surface area contributed by atoms with Crippen molar-refractivity contribution in [2.45, 2.75) is 12.5 Å². The maximum Gasteiger partial charge on any atom is 0.407 e. The second kappa shape index (κ2) is 6.62. The molecule has 2 aromatic rings. The lowest BCUT2D eigenvalue weighted by Crippen LogP contribution is -2.46. The van der Waals surface area contributed by atoms with Crippen molar-refractivity contribution in [1.82, 2.24) is 15.6 Å². The average Bonchev–Trinajstić information content (AvgIpc) is 2.90. The molecule has 21 heavy (non-hydrogen) atoms. The number of amides is 2. The molecular formula is C14H16BrN3O3. The van der Waals surface area contributed by atoms with E-state index in [1.54, 1.807) is 0 Å². The Morgan fingerprint density at radius 3 is 2.86 bits per heavy atom. The third-order valence-electron chi connectivity index (χ3n) is 3.21. The second-order valence-electron chi connectivity index (χ2n) is 4.48. The summed E-state index contributed by atoms with van der Waals surface area (Å²) >= 11 is 3.47. The van der Waals surface area contributed by atoms with E-state index in [4.69, 9.17) is 0 Å². The number of aromatic nitrogens is 1. The van der Waals surface area contributed by atoms with Crippen LogP contribution in [0.5, 0.6) is 0 Å². The summed E-state index contributed by atoms with van der Waals surface area (Å²) in [6, 6.07) is 5.13. The normalized spacial score (nSPS) is 12.0. The van der Waals surface area contributed by atoms with Crippen molar-refractivity contribution >= 4 is 38.8 Å². The minimum atomic E-state index is -0.694. The molecule has 1 aromatic heterocycles. The predicted octanol–water partition coefficient (Wildman–Crippen LogP) is 1.94. The molecule has 0 aliphatic rings. The SMILES string of the molecule is CNC(=O)[C@@H](Cc1c[nH]c2c(Br)cccc12)NC(=O)OC. The number of halogens is 1. The zero-order valence-corrected chi connectivity index (χ0v) is 13.3. The van der Waals surface area contributed by atoms with Crippen LogP contribution in [0.1, 0.15) is 5.56 Å². The van der Waals surface area contributed by atoms with Crippen LogP contribution in [0.15, 0.2) is 28.9 Å². The first-order chi connectivity index (χ1) is 10.1. The quantitative estimate of drug-likeness (QED) is 0.785. The van der Waals surface area contributed by atoms with E-state index in [-0.39, 0.29) is 5.91 Å². The summed E-state index contributed by atoms with van der Waals surface area (Å²) in [6.07, 6.45) is 1.57. The summed E-state index contributed by atoms with van der Waals surface area (Å²) in [7, 11) is 2.79. The fourth-order valence-corrected chi connectivity index (χ4v) is 2.63. The minimum absolute atomic E-state index is 0.273. The van der Waals surface area contributed by atoms with Crippen LogP contribution in [0, 0.1) is 0 Å². The molecule has 0 unspecified atom stereocenters. The van der Waals surface area contributed by atoms with E-state index in [0.717, 1.165) is 20.9 Å². The van der Waals surface area contributed by atoms with Gasteiger partial charge >= 0.3 is 6.09 Å². The van der Waals surface area contributed by atoms with Gasteiger partial charge in [0.1, 0.15) is 6.04 Å². The van der Waals surface area contributed by atoms with Crippen molar-refractivity contribution in [3.05, 3.63) is 34.4 Å². The number of ether oxygens (including phenoxy) is 1. The molecule has 6 nitrogen and oxygen atoms in total. The van der Waals surface area contributed by atoms with Gasteiger partial charge in [0.2, 0.25) is 5.91 Å². The maximum absolute atomic E-state index is 11.9. The number of benzene rings is 1. The number of H-pyrrole nitrogens is 1. The molecule has 0 saturated carbocycles. The molecular weight excluding hydrogens is 338 g/mol. The van der Waals surface area contributed by atoms with E-state index >= 15 is 0 Å². The van der Waals surface area contributed by atoms with Crippen molar-refractivity contribution < 1.29 is 14.3 Å². The molecule has 2 rings (SSSR count). The van der Waals surface area contributed by atoms with Gasteiger partial charge in [-0.1, -0.05) is 12.1 Å². The lowest BCUT2D eigenvalue weighted by Gasteiger charge is -2.16. The molecule has 112 valence electrons. The molecule has 0 spiro atoms. The van der Waals surface area contributed by atoms with Crippen LogP contribution < -0.4 is 10.6 Å². The Labute approximate surface area is 130 Å². The summed E-state index contributed by atoms with van der Waals surface area (Å²) in [6.45, 7) is 0. The summed E-state index contributed by atoms with van der Waals surface area (Å²) in [5.41, 5.74) is 1.90. The van der Waals surface area contributed by atoms with E-state index in [0.29, 0.717) is 6.42 Å². The fraction of sp³-hybridized carbons (Fsp3) is 0.286. The molecule has 1 aromatic carbocycles. The van der Waals surface area contributed by atoms with E-state index in [1.165, 1.54) is 14.2 Å². The first-order valence-corrected chi connectivity index (χ1v) is 7.16. The van der Waals surface area contributed by atoms with Crippen LogP contribution in [-0.2, 0) is 16.0 Å². The van der Waals surface area contributed by atoms with Gasteiger partial charge in [-0.3, -0.25) is 4.79 Å². The number of para-hydroxylation sites is 1. The average molecular weight is 354 g/mol. The highest BCUT2D eigenvalue weighted by Gasteiger charge is 2.22. The molecule has 0 bridgehead atoms. The number of rotatable bonds is 4. The Hall–Kier alpha value is -2.02. The molecule has 0 aliphatic heterocycles. The number of aromatic amines is 1. The van der Waals surface area contributed by atoms with Gasteiger partial charge in [0.15, 0.2) is 0 Å². The van der Waals surface area contributed by atoms with Gasteiger partial charge in [-0.2, -0.15) is 0 Å². The van der Waals surface area contributed by atoms with Gasteiger partial charge in [0, 0.05) is 29.5 Å². The van der Waals surface area contributed by atoms with Crippen LogP contribution in [0.3, 0.4) is 0 Å². The van der Waals surface area contributed by atoms with Gasteiger partial charge in [0.25, 0.3) is 0 Å². The fourth-order valence-electron chi connectivity index (χ4n) is 2.15. The molecule has 0 radical (unpaired) electrons. The summed E-state index contributed by atoms with van der Waals surface area (Å²) < 4.78 is 5.50. The Balaban J connectivity index is 2.28. The number of methoxy groups -OCH3 is 1. The number of alkyl carbamates (subject to hydrolysis) is 1. The van der Waals surface area contributed by atoms with Gasteiger partial charge in [-0.25, -0.2) is 4.79 Å². The first kappa shape index (κ1) is 15.4. The second-order valence-corrected chi connectivity index (χ2v) is 5.34. The number of hydrogen-bond acceptors (Lipinski definition) is 3. The number of carbonyl (C=O) groups excluding carboxylic acids is 2. The van der Waals surface area contributed by atoms with Crippen molar-refractivity contribution in [1.29, 1.82) is 0 Å². The molecule has 1 heterocycles. The highest BCUT2D eigenvalue weighted by molar-refractivity contribution is 9.10. The zero-order chi connectivity index (χ0) is 15.4. The number of hydrogen-bond donors (Lipinski definition) is 3. The lowest BCUT2D eigenvalue weighted by atomic mass is 10.0. The van der Waals surface area contributed by atoms with Gasteiger partial charge in [0.05, 0.1) is 12.6 Å². The number of fused-ring (bicyclic) bond motifs is 1. The number of likely N-dealkylation sites (N-methyl/N-ethyl adjacent to an activating group) is 1. The van der Waals surface area contributed by atoms with Crippen LogP contribution in [0.4, 0.5) is 4.79 Å². The van der Waals surface area contributed by atoms with Gasteiger partial charge in [-0.15, -0.1) is 0 Å². The van der Waals surface area contributed by atoms with E-state index in [2.05, 4.69) is 36.3 Å². The summed E-state index contributed by atoms with van der Waals surface area (Å²) in [5.74, 6) is -0.273. The van der Waals surface area contributed by atoms with E-state index < -0.39 is 12.1 Å². The van der Waals surface area contributed by atoms with Crippen LogP contribution in [0.25, 0.3) is 10.9 Å². The Kier molecular flexibility index (Phi) is 4.85. The Morgan fingerprint density at radius 2 is 2.19 bits per heavy atom. The van der Waals surface area contributed by atoms with Crippen molar-refractivity contribution in [2.75, 3.05) is 14.2 Å². The maximum atomic E-state index is 11.9. The predicted molar refractivity (Wildman–Crippen MR) is 83.1 cm³/mol. The first-order valence-electron chi connectivity index (χ1n) is 6.37. The third kappa shape index (κ3) is 3.36. The lowest BCUT2D eigenvalue weighted by molar-refractivity contribution is -0.122. The minimum Gasteiger partial charge on any atom is -0.453 e. The summed E-state index contributed by atoms with van der Waals surface area (Å²) in [4.78, 5) is 26.4. The van der Waals surface area contributed by atoms with E-state index in [9.17, 15) is 9.59 Å². The standard InChI is InChI=1S/C14H16BrN3O3/c1-16-13(19)11(18-14(20)21-2)6-8-7-17-12-9(8)4-3-5-10(12)15/h3-5,7,11,17H,6H2,1-2H3,(H,16,19)(H,18,20)/t11-/m1/s1. The van der Waals surface area contributed by atoms with Crippen molar-refractivity contribution in [3.63, 3.8) is 0 Å². The number of nitrogens with one attached hydrogen (secondary N) is 3. The molecule has 2 amide bonds. The molecule has 0 fully saturated rings. The topological polar surface area (TPSA) is 83.2 Å². The molecule has 3 N–H and O–H groups in total. The van der Waals surface area contributed by atoms with Crippen molar-refractivity contribution in [3.8, 4) is 0 Å². The van der Waals surface area contributed by atoms with Gasteiger partial charge in [-0.05, 0) is 27.6 Å². The smallest absolute Gasteiger partial charge is 0.407 e. The Morgan fingerprint density at radius 1 is 1.43 bits per heavy atom. The third-order valence-corrected chi connectivity index (χ3v) is 3.88. The largest absolute Gasteiger partial charge is 0.453 e. The van der Waals surface area contributed by atoms with E-state index in [1.807, 2.05) is 24.4 Å². The molecule has 1 atom stereocenters.